The molecule has 0 radical (unpaired) electrons. The molecular formula is C22H27N7O2S2. The van der Waals surface area contributed by atoms with Crippen molar-refractivity contribution in [3.63, 3.8) is 0 Å². The van der Waals surface area contributed by atoms with E-state index in [0.717, 1.165) is 29.1 Å². The van der Waals surface area contributed by atoms with E-state index in [2.05, 4.69) is 31.0 Å². The van der Waals surface area contributed by atoms with Gasteiger partial charge in [-0.05, 0) is 31.4 Å². The summed E-state index contributed by atoms with van der Waals surface area (Å²) in [4.78, 5) is 24.8. The molecule has 3 aromatic rings. The van der Waals surface area contributed by atoms with Gasteiger partial charge >= 0.3 is 0 Å². The zero-order chi connectivity index (χ0) is 23.2. The highest BCUT2D eigenvalue weighted by Gasteiger charge is 2.20. The van der Waals surface area contributed by atoms with Crippen LogP contribution in [0, 0.1) is 6.92 Å². The van der Waals surface area contributed by atoms with Gasteiger partial charge in [0.1, 0.15) is 10.8 Å². The first-order valence-corrected chi connectivity index (χ1v) is 12.8. The predicted molar refractivity (Wildman–Crippen MR) is 130 cm³/mol. The van der Waals surface area contributed by atoms with Gasteiger partial charge in [-0.1, -0.05) is 60.6 Å². The Morgan fingerprint density at radius 2 is 1.85 bits per heavy atom. The summed E-state index contributed by atoms with van der Waals surface area (Å²) in [5.41, 5.74) is 1.77. The molecular weight excluding hydrogens is 458 g/mol. The van der Waals surface area contributed by atoms with Gasteiger partial charge < -0.3 is 9.88 Å². The van der Waals surface area contributed by atoms with Gasteiger partial charge in [-0.15, -0.1) is 20.4 Å². The molecule has 1 aliphatic carbocycles. The fourth-order valence-electron chi connectivity index (χ4n) is 3.76. The largest absolute Gasteiger partial charge is 0.325 e. The van der Waals surface area contributed by atoms with Crippen molar-refractivity contribution in [2.75, 3.05) is 16.4 Å². The fraction of sp³-hybridized carbons (Fsp3) is 0.455. The molecule has 0 saturated heterocycles. The molecule has 2 heterocycles. The van der Waals surface area contributed by atoms with Crippen LogP contribution in [0.2, 0.25) is 0 Å². The first kappa shape index (κ1) is 23.4. The average molecular weight is 486 g/mol. The van der Waals surface area contributed by atoms with Gasteiger partial charge in [0.2, 0.25) is 16.9 Å². The maximum absolute atomic E-state index is 12.4. The lowest BCUT2D eigenvalue weighted by molar-refractivity contribution is -0.116. The van der Waals surface area contributed by atoms with Crippen LogP contribution in [0.25, 0.3) is 0 Å². The lowest BCUT2D eigenvalue weighted by atomic mass is 9.90. The molecule has 0 spiro atoms. The predicted octanol–water partition coefficient (Wildman–Crippen LogP) is 3.93. The van der Waals surface area contributed by atoms with Crippen molar-refractivity contribution in [3.05, 3.63) is 40.7 Å². The number of hydrogen-bond donors (Lipinski definition) is 2. The van der Waals surface area contributed by atoms with Gasteiger partial charge in [-0.25, -0.2) is 0 Å². The van der Waals surface area contributed by atoms with Gasteiger partial charge in [0.15, 0.2) is 5.16 Å². The lowest BCUT2D eigenvalue weighted by Gasteiger charge is -2.18. The molecule has 0 aliphatic heterocycles. The quantitative estimate of drug-likeness (QED) is 0.465. The third kappa shape index (κ3) is 6.17. The lowest BCUT2D eigenvalue weighted by Crippen LogP contribution is -2.17. The second-order valence-corrected chi connectivity index (χ2v) is 10.1. The standard InChI is InChI=1S/C22H27N7O2S2/c1-14-8-6-7-11-16(14)23-18(30)12-17-25-28-22(29(17)2)32-13-19(31)24-21-27-26-20(33-21)15-9-4-3-5-10-15/h6-8,11,15H,3-5,9-10,12-13H2,1-2H3,(H,23,30)(H,24,27,31). The van der Waals surface area contributed by atoms with E-state index in [-0.39, 0.29) is 24.0 Å². The Hall–Kier alpha value is -2.79. The molecule has 1 fully saturated rings. The van der Waals surface area contributed by atoms with Crippen LogP contribution < -0.4 is 10.6 Å². The second-order valence-electron chi connectivity index (χ2n) is 8.11. The Balaban J connectivity index is 1.27. The molecule has 11 heteroatoms. The SMILES string of the molecule is Cc1ccccc1NC(=O)Cc1nnc(SCC(=O)Nc2nnc(C3CCCCC3)s2)n1C. The van der Waals surface area contributed by atoms with Crippen molar-refractivity contribution in [2.45, 2.75) is 56.5 Å². The highest BCUT2D eigenvalue weighted by Crippen LogP contribution is 2.35. The molecule has 2 aromatic heterocycles. The highest BCUT2D eigenvalue weighted by molar-refractivity contribution is 7.99. The Labute approximate surface area is 200 Å². The van der Waals surface area contributed by atoms with E-state index >= 15 is 0 Å². The zero-order valence-electron chi connectivity index (χ0n) is 18.7. The first-order chi connectivity index (χ1) is 16.0. The van der Waals surface area contributed by atoms with Gasteiger partial charge in [-0.3, -0.25) is 14.9 Å². The topological polar surface area (TPSA) is 115 Å². The van der Waals surface area contributed by atoms with E-state index < -0.39 is 0 Å². The molecule has 174 valence electrons. The molecule has 2 N–H and O–H groups in total. The number of anilines is 2. The number of aryl methyl sites for hydroxylation is 1. The fourth-order valence-corrected chi connectivity index (χ4v) is 5.42. The Bertz CT molecular complexity index is 1120. The zero-order valence-corrected chi connectivity index (χ0v) is 20.3. The van der Waals surface area contributed by atoms with Crippen LogP contribution in [-0.2, 0) is 23.1 Å². The minimum absolute atomic E-state index is 0.0965. The molecule has 1 aliphatic rings. The molecule has 33 heavy (non-hydrogen) atoms. The number of aromatic nitrogens is 5. The number of nitrogens with zero attached hydrogens (tertiary/aromatic N) is 5. The van der Waals surface area contributed by atoms with Crippen LogP contribution in [-0.4, -0.2) is 42.5 Å². The van der Waals surface area contributed by atoms with E-state index in [4.69, 9.17) is 0 Å². The summed E-state index contributed by atoms with van der Waals surface area (Å²) in [7, 11) is 1.79. The summed E-state index contributed by atoms with van der Waals surface area (Å²) in [6.45, 7) is 1.94. The monoisotopic (exact) mass is 485 g/mol. The molecule has 1 aromatic carbocycles. The molecule has 9 nitrogen and oxygen atoms in total. The average Bonchev–Trinajstić information content (AvgIpc) is 3.41. The minimum Gasteiger partial charge on any atom is -0.325 e. The van der Waals surface area contributed by atoms with Crippen molar-refractivity contribution in [1.82, 2.24) is 25.0 Å². The number of amides is 2. The van der Waals surface area contributed by atoms with Crippen molar-refractivity contribution in [3.8, 4) is 0 Å². The van der Waals surface area contributed by atoms with Gasteiger partial charge in [0.25, 0.3) is 0 Å². The van der Waals surface area contributed by atoms with Crippen LogP contribution in [0.3, 0.4) is 0 Å². The van der Waals surface area contributed by atoms with Gasteiger partial charge in [0, 0.05) is 18.7 Å². The smallest absolute Gasteiger partial charge is 0.236 e. The van der Waals surface area contributed by atoms with Crippen LogP contribution >= 0.6 is 23.1 Å². The van der Waals surface area contributed by atoms with Crippen molar-refractivity contribution >= 4 is 45.7 Å². The number of nitrogens with one attached hydrogen (secondary N) is 2. The third-order valence-corrected chi connectivity index (χ3v) is 7.66. The summed E-state index contributed by atoms with van der Waals surface area (Å²) in [5.74, 6) is 0.827. The number of hydrogen-bond acceptors (Lipinski definition) is 8. The Kier molecular flexibility index (Phi) is 7.71. The van der Waals surface area contributed by atoms with Gasteiger partial charge in [-0.2, -0.15) is 0 Å². The second kappa shape index (κ2) is 10.9. The van der Waals surface area contributed by atoms with Crippen LogP contribution in [0.5, 0.6) is 0 Å². The number of rotatable bonds is 8. The van der Waals surface area contributed by atoms with Crippen molar-refractivity contribution < 1.29 is 9.59 Å². The van der Waals surface area contributed by atoms with Crippen LogP contribution in [0.15, 0.2) is 29.4 Å². The Morgan fingerprint density at radius 3 is 2.64 bits per heavy atom. The summed E-state index contributed by atoms with van der Waals surface area (Å²) in [6.07, 6.45) is 6.15. The van der Waals surface area contributed by atoms with E-state index in [1.165, 1.54) is 42.4 Å². The minimum atomic E-state index is -0.173. The maximum Gasteiger partial charge on any atom is 0.236 e. The maximum atomic E-state index is 12.4. The number of thioether (sulfide) groups is 1. The molecule has 0 bridgehead atoms. The van der Waals surface area contributed by atoms with Crippen molar-refractivity contribution in [1.29, 1.82) is 0 Å². The number of carbonyl (C=O) groups excluding carboxylic acids is 2. The van der Waals surface area contributed by atoms with Crippen molar-refractivity contribution in [2.24, 2.45) is 7.05 Å². The van der Waals surface area contributed by atoms with E-state index in [9.17, 15) is 9.59 Å². The van der Waals surface area contributed by atoms with Crippen LogP contribution in [0.1, 0.15) is 54.4 Å². The number of para-hydroxylation sites is 1. The molecule has 1 saturated carbocycles. The third-order valence-electron chi connectivity index (χ3n) is 5.64. The summed E-state index contributed by atoms with van der Waals surface area (Å²) in [5, 5.41) is 24.5. The summed E-state index contributed by atoms with van der Waals surface area (Å²) < 4.78 is 1.74. The molecule has 4 rings (SSSR count). The first-order valence-electron chi connectivity index (χ1n) is 11.0. The molecule has 0 unspecified atom stereocenters. The number of carbonyl (C=O) groups is 2. The Morgan fingerprint density at radius 1 is 1.06 bits per heavy atom. The highest BCUT2D eigenvalue weighted by atomic mass is 32.2. The van der Waals surface area contributed by atoms with E-state index in [1.807, 2.05) is 31.2 Å². The number of benzene rings is 1. The summed E-state index contributed by atoms with van der Waals surface area (Å²) in [6, 6.07) is 7.60. The van der Waals surface area contributed by atoms with Crippen LogP contribution in [0.4, 0.5) is 10.8 Å². The molecule has 0 atom stereocenters. The van der Waals surface area contributed by atoms with Gasteiger partial charge in [0.05, 0.1) is 12.2 Å². The normalized spacial score (nSPS) is 14.2. The van der Waals surface area contributed by atoms with E-state index in [0.29, 0.717) is 22.0 Å². The molecule has 2 amide bonds. The van der Waals surface area contributed by atoms with E-state index in [1.54, 1.807) is 11.6 Å². The summed E-state index contributed by atoms with van der Waals surface area (Å²) >= 11 is 2.73.